The largest absolute Gasteiger partial charge is 0.495 e. The highest BCUT2D eigenvalue weighted by molar-refractivity contribution is 7.92. The van der Waals surface area contributed by atoms with Gasteiger partial charge in [0.25, 0.3) is 0 Å². The fourth-order valence-corrected chi connectivity index (χ4v) is 3.41. The second kappa shape index (κ2) is 7.23. The molecule has 0 heterocycles. The Hall–Kier alpha value is -2.05. The van der Waals surface area contributed by atoms with Crippen molar-refractivity contribution >= 4 is 33.0 Å². The Morgan fingerprint density at radius 1 is 1.17 bits per heavy atom. The molecule has 0 saturated carbocycles. The number of rotatable bonds is 5. The topological polar surface area (TPSA) is 72.5 Å². The van der Waals surface area contributed by atoms with Crippen LogP contribution in [0, 0.1) is 13.8 Å². The number of halogens is 1. The van der Waals surface area contributed by atoms with Gasteiger partial charge in [-0.3, -0.25) is 4.79 Å². The Morgan fingerprint density at radius 3 is 2.38 bits per heavy atom. The van der Waals surface area contributed by atoms with Crippen LogP contribution in [0.1, 0.15) is 11.1 Å². The predicted octanol–water partition coefficient (Wildman–Crippen LogP) is 3.38. The Morgan fingerprint density at radius 2 is 1.79 bits per heavy atom. The Kier molecular flexibility index (Phi) is 5.51. The first-order valence-corrected chi connectivity index (χ1v) is 9.19. The number of nitrogens with one attached hydrogen (secondary N) is 1. The van der Waals surface area contributed by atoms with E-state index in [0.29, 0.717) is 16.5 Å². The van der Waals surface area contributed by atoms with Crippen molar-refractivity contribution in [2.75, 3.05) is 18.2 Å². The molecule has 0 unspecified atom stereocenters. The highest BCUT2D eigenvalue weighted by Crippen LogP contribution is 2.31. The standard InChI is InChI=1S/C17H18ClNO4S/c1-11-4-6-13(7-5-11)24(21,22)10-17(20)19-15-8-12(2)14(18)9-16(15)23-3/h4-9H,10H2,1-3H3,(H,19,20). The minimum atomic E-state index is -3.71. The number of benzene rings is 2. The van der Waals surface area contributed by atoms with Gasteiger partial charge in [-0.05, 0) is 37.6 Å². The lowest BCUT2D eigenvalue weighted by atomic mass is 10.2. The van der Waals surface area contributed by atoms with Gasteiger partial charge in [0, 0.05) is 11.1 Å². The second-order valence-electron chi connectivity index (χ2n) is 5.42. The average Bonchev–Trinajstić information content (AvgIpc) is 2.50. The van der Waals surface area contributed by atoms with E-state index < -0.39 is 21.5 Å². The quantitative estimate of drug-likeness (QED) is 0.879. The SMILES string of the molecule is COc1cc(Cl)c(C)cc1NC(=O)CS(=O)(=O)c1ccc(C)cc1. The Balaban J connectivity index is 2.19. The van der Waals surface area contributed by atoms with Crippen LogP contribution >= 0.6 is 11.6 Å². The molecule has 0 aliphatic rings. The molecule has 2 aromatic carbocycles. The van der Waals surface area contributed by atoms with Crippen molar-refractivity contribution in [3.8, 4) is 5.75 Å². The zero-order chi connectivity index (χ0) is 17.9. The summed E-state index contributed by atoms with van der Waals surface area (Å²) in [6.07, 6.45) is 0. The van der Waals surface area contributed by atoms with E-state index in [0.717, 1.165) is 11.1 Å². The van der Waals surface area contributed by atoms with Crippen LogP contribution in [-0.4, -0.2) is 27.2 Å². The molecule has 0 aliphatic heterocycles. The maximum atomic E-state index is 12.3. The highest BCUT2D eigenvalue weighted by atomic mass is 35.5. The molecule has 0 saturated heterocycles. The number of aryl methyl sites for hydroxylation is 2. The van der Waals surface area contributed by atoms with Gasteiger partial charge in [0.15, 0.2) is 9.84 Å². The van der Waals surface area contributed by atoms with Crippen molar-refractivity contribution in [1.82, 2.24) is 0 Å². The average molecular weight is 368 g/mol. The summed E-state index contributed by atoms with van der Waals surface area (Å²) >= 11 is 6.01. The zero-order valence-electron chi connectivity index (χ0n) is 13.6. The molecule has 5 nitrogen and oxygen atoms in total. The minimum Gasteiger partial charge on any atom is -0.495 e. The number of hydrogen-bond acceptors (Lipinski definition) is 4. The number of ether oxygens (including phenoxy) is 1. The van der Waals surface area contributed by atoms with Crippen molar-refractivity contribution in [3.05, 3.63) is 52.5 Å². The third kappa shape index (κ3) is 4.27. The number of carbonyl (C=O) groups is 1. The molecule has 24 heavy (non-hydrogen) atoms. The van der Waals surface area contributed by atoms with Crippen LogP contribution in [0.5, 0.6) is 5.75 Å². The van der Waals surface area contributed by atoms with Gasteiger partial charge in [-0.25, -0.2) is 8.42 Å². The molecular formula is C17H18ClNO4S. The molecule has 0 aromatic heterocycles. The number of amides is 1. The number of carbonyl (C=O) groups excluding carboxylic acids is 1. The van der Waals surface area contributed by atoms with Crippen molar-refractivity contribution in [2.45, 2.75) is 18.7 Å². The molecule has 2 rings (SSSR count). The summed E-state index contributed by atoms with van der Waals surface area (Å²) in [4.78, 5) is 12.3. The molecule has 1 amide bonds. The normalized spacial score (nSPS) is 11.2. The van der Waals surface area contributed by atoms with Gasteiger partial charge in [-0.1, -0.05) is 29.3 Å². The van der Waals surface area contributed by atoms with E-state index in [2.05, 4.69) is 5.32 Å². The lowest BCUT2D eigenvalue weighted by molar-refractivity contribution is -0.113. The van der Waals surface area contributed by atoms with Gasteiger partial charge < -0.3 is 10.1 Å². The van der Waals surface area contributed by atoms with E-state index in [1.165, 1.54) is 19.2 Å². The van der Waals surface area contributed by atoms with Crippen molar-refractivity contribution in [3.63, 3.8) is 0 Å². The monoisotopic (exact) mass is 367 g/mol. The van der Waals surface area contributed by atoms with Crippen LogP contribution in [0.4, 0.5) is 5.69 Å². The number of methoxy groups -OCH3 is 1. The number of sulfone groups is 1. The third-order valence-corrected chi connectivity index (χ3v) is 5.50. The summed E-state index contributed by atoms with van der Waals surface area (Å²) in [7, 11) is -2.27. The molecule has 2 aromatic rings. The van der Waals surface area contributed by atoms with Gasteiger partial charge in [0.2, 0.25) is 5.91 Å². The molecule has 128 valence electrons. The van der Waals surface area contributed by atoms with Crippen molar-refractivity contribution in [2.24, 2.45) is 0 Å². The maximum Gasteiger partial charge on any atom is 0.240 e. The molecule has 7 heteroatoms. The van der Waals surface area contributed by atoms with Gasteiger partial charge in [0.1, 0.15) is 11.5 Å². The summed E-state index contributed by atoms with van der Waals surface area (Å²) in [6, 6.07) is 9.57. The molecule has 0 atom stereocenters. The summed E-state index contributed by atoms with van der Waals surface area (Å²) in [5.74, 6) is -0.928. The molecule has 0 bridgehead atoms. The predicted molar refractivity (Wildman–Crippen MR) is 94.6 cm³/mol. The molecule has 1 N–H and O–H groups in total. The zero-order valence-corrected chi connectivity index (χ0v) is 15.2. The molecule has 0 fully saturated rings. The van der Waals surface area contributed by atoms with Crippen LogP contribution in [0.3, 0.4) is 0 Å². The fourth-order valence-electron chi connectivity index (χ4n) is 2.12. The summed E-state index contributed by atoms with van der Waals surface area (Å²) < 4.78 is 29.8. The van der Waals surface area contributed by atoms with E-state index in [9.17, 15) is 13.2 Å². The first-order chi connectivity index (χ1) is 11.2. The van der Waals surface area contributed by atoms with Crippen molar-refractivity contribution < 1.29 is 17.9 Å². The van der Waals surface area contributed by atoms with Crippen LogP contribution < -0.4 is 10.1 Å². The minimum absolute atomic E-state index is 0.113. The molecule has 0 aliphatic carbocycles. The Bertz CT molecular complexity index is 861. The van der Waals surface area contributed by atoms with Crippen LogP contribution in [-0.2, 0) is 14.6 Å². The van der Waals surface area contributed by atoms with Gasteiger partial charge in [-0.2, -0.15) is 0 Å². The Labute approximate surface area is 146 Å². The molecular weight excluding hydrogens is 350 g/mol. The fraction of sp³-hybridized carbons (Fsp3) is 0.235. The van der Waals surface area contributed by atoms with E-state index in [4.69, 9.17) is 16.3 Å². The maximum absolute atomic E-state index is 12.3. The van der Waals surface area contributed by atoms with E-state index in [1.54, 1.807) is 31.2 Å². The summed E-state index contributed by atoms with van der Waals surface area (Å²) in [5, 5.41) is 3.06. The lowest BCUT2D eigenvalue weighted by Gasteiger charge is -2.12. The molecule has 0 spiro atoms. The highest BCUT2D eigenvalue weighted by Gasteiger charge is 2.20. The number of hydrogen-bond donors (Lipinski definition) is 1. The lowest BCUT2D eigenvalue weighted by Crippen LogP contribution is -2.23. The smallest absolute Gasteiger partial charge is 0.240 e. The first-order valence-electron chi connectivity index (χ1n) is 7.16. The van der Waals surface area contributed by atoms with Crippen LogP contribution in [0.15, 0.2) is 41.3 Å². The second-order valence-corrected chi connectivity index (χ2v) is 7.82. The van der Waals surface area contributed by atoms with E-state index >= 15 is 0 Å². The van der Waals surface area contributed by atoms with E-state index in [-0.39, 0.29) is 4.90 Å². The van der Waals surface area contributed by atoms with Gasteiger partial charge in [-0.15, -0.1) is 0 Å². The van der Waals surface area contributed by atoms with Crippen molar-refractivity contribution in [1.29, 1.82) is 0 Å². The van der Waals surface area contributed by atoms with Crippen LogP contribution in [0.25, 0.3) is 0 Å². The van der Waals surface area contributed by atoms with Gasteiger partial charge in [0.05, 0.1) is 17.7 Å². The number of anilines is 1. The summed E-state index contributed by atoms with van der Waals surface area (Å²) in [5.41, 5.74) is 2.07. The molecule has 0 radical (unpaired) electrons. The van der Waals surface area contributed by atoms with E-state index in [1.807, 2.05) is 6.92 Å². The van der Waals surface area contributed by atoms with Gasteiger partial charge >= 0.3 is 0 Å². The van der Waals surface area contributed by atoms with Crippen LogP contribution in [0.2, 0.25) is 5.02 Å². The summed E-state index contributed by atoms with van der Waals surface area (Å²) in [6.45, 7) is 3.64. The first kappa shape index (κ1) is 18.3. The third-order valence-electron chi connectivity index (χ3n) is 3.46.